The molecule has 2 aliphatic heterocycles. The van der Waals surface area contributed by atoms with E-state index in [4.69, 9.17) is 13.9 Å². The van der Waals surface area contributed by atoms with Gasteiger partial charge in [0, 0.05) is 11.6 Å². The smallest absolute Gasteiger partial charge is 0.197 e. The highest BCUT2D eigenvalue weighted by molar-refractivity contribution is 5.92. The van der Waals surface area contributed by atoms with Crippen LogP contribution in [0.2, 0.25) is 0 Å². The maximum absolute atomic E-state index is 13.5. The Bertz CT molecular complexity index is 1570. The van der Waals surface area contributed by atoms with E-state index in [9.17, 15) is 66.1 Å². The fourth-order valence-corrected chi connectivity index (χ4v) is 5.44. The van der Waals surface area contributed by atoms with Crippen molar-refractivity contribution in [1.29, 1.82) is 0 Å². The Morgan fingerprint density at radius 1 is 0.628 bits per heavy atom. The number of aromatic hydroxyl groups is 4. The number of fused-ring (bicyclic) bond motifs is 1. The number of aliphatic hydroxyl groups excluding tert-OH is 8. The molecular weight excluding hydrogens is 580 g/mol. The number of rotatable bonds is 5. The predicted molar refractivity (Wildman–Crippen MR) is 140 cm³/mol. The van der Waals surface area contributed by atoms with E-state index < -0.39 is 125 Å². The molecule has 0 amide bonds. The van der Waals surface area contributed by atoms with Gasteiger partial charge in [0.1, 0.15) is 83.7 Å². The average Bonchev–Trinajstić information content (AvgIpc) is 2.98. The molecule has 5 rings (SSSR count). The molecule has 2 saturated heterocycles. The predicted octanol–water partition coefficient (Wildman–Crippen LogP) is -2.69. The Morgan fingerprint density at radius 2 is 1.16 bits per heavy atom. The zero-order chi connectivity index (χ0) is 31.5. The van der Waals surface area contributed by atoms with Gasteiger partial charge in [-0.3, -0.25) is 4.79 Å². The van der Waals surface area contributed by atoms with Crippen LogP contribution in [0.3, 0.4) is 0 Å². The Hall–Kier alpha value is -3.55. The maximum Gasteiger partial charge on any atom is 0.197 e. The summed E-state index contributed by atoms with van der Waals surface area (Å²) in [5, 5.41) is 124. The van der Waals surface area contributed by atoms with Gasteiger partial charge in [0.05, 0.1) is 24.3 Å². The SMILES string of the molecule is O=c1cc(-c2ccc(O)c(O)c2)oc2c([C@@H]3O[C@H](CO)[C@H](O)[C@H](O)[C@@H]3O)c(O)c([C@@H]3O[C@H](CO)[C@H](O)[C@@H](O)[C@H]3O)c(O)c12. The van der Waals surface area contributed by atoms with Crippen molar-refractivity contribution in [3.05, 3.63) is 45.6 Å². The molecule has 234 valence electrons. The molecule has 0 radical (unpaired) electrons. The summed E-state index contributed by atoms with van der Waals surface area (Å²) in [6, 6.07) is 4.26. The monoisotopic (exact) mass is 610 g/mol. The minimum atomic E-state index is -2.05. The van der Waals surface area contributed by atoms with Crippen LogP contribution >= 0.6 is 0 Å². The zero-order valence-electron chi connectivity index (χ0n) is 22.0. The molecule has 0 saturated carbocycles. The minimum absolute atomic E-state index is 0.0334. The lowest BCUT2D eigenvalue weighted by Crippen LogP contribution is -2.55. The van der Waals surface area contributed by atoms with Crippen LogP contribution in [0.4, 0.5) is 0 Å². The van der Waals surface area contributed by atoms with Gasteiger partial charge in [-0.15, -0.1) is 0 Å². The fourth-order valence-electron chi connectivity index (χ4n) is 5.44. The number of ether oxygens (including phenoxy) is 2. The lowest BCUT2D eigenvalue weighted by Gasteiger charge is -2.42. The van der Waals surface area contributed by atoms with Gasteiger partial charge in [0.25, 0.3) is 0 Å². The first kappa shape index (κ1) is 30.9. The summed E-state index contributed by atoms with van der Waals surface area (Å²) in [5.41, 5.74) is -2.97. The van der Waals surface area contributed by atoms with Gasteiger partial charge in [-0.25, -0.2) is 0 Å². The van der Waals surface area contributed by atoms with Crippen molar-refractivity contribution in [3.8, 4) is 34.3 Å². The third-order valence-corrected chi connectivity index (χ3v) is 7.81. The van der Waals surface area contributed by atoms with Crippen molar-refractivity contribution in [3.63, 3.8) is 0 Å². The maximum atomic E-state index is 13.5. The van der Waals surface area contributed by atoms with E-state index in [2.05, 4.69) is 0 Å². The van der Waals surface area contributed by atoms with E-state index in [1.807, 2.05) is 0 Å². The van der Waals surface area contributed by atoms with Crippen LogP contribution in [0, 0.1) is 0 Å². The molecule has 3 aromatic rings. The summed E-state index contributed by atoms with van der Waals surface area (Å²) in [7, 11) is 0. The molecule has 0 aliphatic carbocycles. The number of phenolic OH excluding ortho intramolecular Hbond substituents is 4. The second-order valence-electron chi connectivity index (χ2n) is 10.4. The highest BCUT2D eigenvalue weighted by Gasteiger charge is 2.50. The molecule has 3 heterocycles. The van der Waals surface area contributed by atoms with E-state index >= 15 is 0 Å². The van der Waals surface area contributed by atoms with E-state index in [1.165, 1.54) is 6.07 Å². The molecule has 0 spiro atoms. The largest absolute Gasteiger partial charge is 0.507 e. The number of benzene rings is 2. The molecule has 16 nitrogen and oxygen atoms in total. The lowest BCUT2D eigenvalue weighted by molar-refractivity contribution is -0.234. The normalized spacial score (nSPS) is 33.1. The van der Waals surface area contributed by atoms with Gasteiger partial charge < -0.3 is 75.2 Å². The van der Waals surface area contributed by atoms with Gasteiger partial charge in [0.15, 0.2) is 22.5 Å². The highest BCUT2D eigenvalue weighted by Crippen LogP contribution is 2.51. The van der Waals surface area contributed by atoms with Crippen molar-refractivity contribution in [2.24, 2.45) is 0 Å². The first-order valence-electron chi connectivity index (χ1n) is 13.0. The van der Waals surface area contributed by atoms with Crippen LogP contribution in [-0.4, -0.2) is 123 Å². The van der Waals surface area contributed by atoms with E-state index in [1.54, 1.807) is 0 Å². The van der Waals surface area contributed by atoms with Crippen molar-refractivity contribution in [2.75, 3.05) is 13.2 Å². The topological polar surface area (TPSA) is 291 Å². The molecule has 2 fully saturated rings. The first-order chi connectivity index (χ1) is 20.3. The summed E-state index contributed by atoms with van der Waals surface area (Å²) in [6.45, 7) is -1.75. The molecule has 2 aromatic carbocycles. The van der Waals surface area contributed by atoms with Gasteiger partial charge in [0.2, 0.25) is 0 Å². The van der Waals surface area contributed by atoms with Crippen LogP contribution in [0.25, 0.3) is 22.3 Å². The first-order valence-corrected chi connectivity index (χ1v) is 13.0. The third kappa shape index (κ3) is 4.96. The second-order valence-corrected chi connectivity index (χ2v) is 10.4. The molecule has 10 atom stereocenters. The highest BCUT2D eigenvalue weighted by atomic mass is 16.6. The van der Waals surface area contributed by atoms with Crippen molar-refractivity contribution >= 4 is 11.0 Å². The van der Waals surface area contributed by atoms with E-state index in [0.717, 1.165) is 18.2 Å². The summed E-state index contributed by atoms with van der Waals surface area (Å²) >= 11 is 0. The van der Waals surface area contributed by atoms with Gasteiger partial charge in [-0.1, -0.05) is 0 Å². The van der Waals surface area contributed by atoms with Gasteiger partial charge >= 0.3 is 0 Å². The second kappa shape index (κ2) is 11.5. The summed E-state index contributed by atoms with van der Waals surface area (Å²) in [6.07, 6.45) is -18.5. The van der Waals surface area contributed by atoms with Crippen LogP contribution in [-0.2, 0) is 9.47 Å². The number of hydrogen-bond donors (Lipinski definition) is 12. The van der Waals surface area contributed by atoms with Crippen LogP contribution in [0.15, 0.2) is 33.5 Å². The van der Waals surface area contributed by atoms with E-state index in [0.29, 0.717) is 0 Å². The molecule has 2 aliphatic rings. The molecule has 0 unspecified atom stereocenters. The average molecular weight is 611 g/mol. The van der Waals surface area contributed by atoms with E-state index in [-0.39, 0.29) is 11.3 Å². The zero-order valence-corrected chi connectivity index (χ0v) is 22.0. The molecule has 0 bridgehead atoms. The standard InChI is InChI=1S/C27H30O16/c28-5-12-17(33)21(37)23(39)26(42-12)15-19(35)14-10(32)4-11(7-1-2-8(30)9(31)3-7)41-25(14)16(20(15)36)27-24(40)22(38)18(34)13(6-29)43-27/h1-4,12-13,17-18,21-24,26-31,33-40H,5-6H2/t12-,13-,17+,18+,21-,22+,23-,24+,26+,27+/m1/s1. The quantitative estimate of drug-likeness (QED) is 0.131. The van der Waals surface area contributed by atoms with Crippen molar-refractivity contribution in [1.82, 2.24) is 0 Å². The summed E-state index contributed by atoms with van der Waals surface area (Å²) in [5.74, 6) is -3.43. The molecule has 12 N–H and O–H groups in total. The molecule has 43 heavy (non-hydrogen) atoms. The lowest BCUT2D eigenvalue weighted by atomic mass is 9.85. The molecule has 1 aromatic heterocycles. The Kier molecular flexibility index (Phi) is 8.27. The minimum Gasteiger partial charge on any atom is -0.507 e. The van der Waals surface area contributed by atoms with Gasteiger partial charge in [-0.2, -0.15) is 0 Å². The summed E-state index contributed by atoms with van der Waals surface area (Å²) < 4.78 is 16.9. The van der Waals surface area contributed by atoms with Crippen LogP contribution < -0.4 is 5.43 Å². The number of hydrogen-bond acceptors (Lipinski definition) is 16. The Morgan fingerprint density at radius 3 is 1.67 bits per heavy atom. The fraction of sp³-hybridized carbons (Fsp3) is 0.444. The Balaban J connectivity index is 1.82. The third-order valence-electron chi connectivity index (χ3n) is 7.81. The molecule has 16 heteroatoms. The van der Waals surface area contributed by atoms with Crippen molar-refractivity contribution < 1.29 is 75.2 Å². The Labute approximate surface area is 240 Å². The number of phenols is 4. The number of aliphatic hydroxyl groups is 8. The van der Waals surface area contributed by atoms with Crippen molar-refractivity contribution in [2.45, 2.75) is 61.0 Å². The summed E-state index contributed by atoms with van der Waals surface area (Å²) in [4.78, 5) is 13.5. The van der Waals surface area contributed by atoms with Crippen LogP contribution in [0.5, 0.6) is 23.0 Å². The molecular formula is C27H30O16. The van der Waals surface area contributed by atoms with Gasteiger partial charge in [-0.05, 0) is 18.2 Å². The van der Waals surface area contributed by atoms with Crippen LogP contribution in [0.1, 0.15) is 23.3 Å².